The van der Waals surface area contributed by atoms with Gasteiger partial charge < -0.3 is 10.1 Å². The highest BCUT2D eigenvalue weighted by atomic mass is 16.5. The zero-order valence-electron chi connectivity index (χ0n) is 12.9. The fraction of sp³-hybridized carbons (Fsp3) is 0.0476. The molecule has 0 atom stereocenters. The van der Waals surface area contributed by atoms with E-state index >= 15 is 0 Å². The van der Waals surface area contributed by atoms with Gasteiger partial charge in [0.1, 0.15) is 11.5 Å². The summed E-state index contributed by atoms with van der Waals surface area (Å²) in [5.74, 6) is 1.78. The molecule has 1 N–H and O–H groups in total. The Labute approximate surface area is 136 Å². The minimum atomic E-state index is 0.892. The Morgan fingerprint density at radius 3 is 1.91 bits per heavy atom. The molecular formula is C21H17NO. The first-order valence-electron chi connectivity index (χ1n) is 7.71. The summed E-state index contributed by atoms with van der Waals surface area (Å²) in [7, 11) is 0. The minimum Gasteiger partial charge on any atom is -0.456 e. The number of benzene rings is 3. The summed E-state index contributed by atoms with van der Waals surface area (Å²) in [6.07, 6.45) is 2.06. The van der Waals surface area contributed by atoms with Gasteiger partial charge in [-0.25, -0.2) is 0 Å². The summed E-state index contributed by atoms with van der Waals surface area (Å²) in [4.78, 5) is 0. The monoisotopic (exact) mass is 299 g/mol. The van der Waals surface area contributed by atoms with Crippen molar-refractivity contribution in [1.29, 1.82) is 0 Å². The van der Waals surface area contributed by atoms with Crippen LogP contribution in [0.4, 0.5) is 5.69 Å². The van der Waals surface area contributed by atoms with Gasteiger partial charge >= 0.3 is 0 Å². The van der Waals surface area contributed by atoms with Gasteiger partial charge in [0, 0.05) is 28.6 Å². The predicted molar refractivity (Wildman–Crippen MR) is 94.8 cm³/mol. The molecule has 0 radical (unpaired) electrons. The van der Waals surface area contributed by atoms with Gasteiger partial charge in [-0.1, -0.05) is 54.1 Å². The molecule has 2 heteroatoms. The summed E-state index contributed by atoms with van der Waals surface area (Å²) in [6, 6.07) is 24.6. The van der Waals surface area contributed by atoms with E-state index in [1.807, 2.05) is 36.4 Å². The van der Waals surface area contributed by atoms with Crippen molar-refractivity contribution < 1.29 is 4.74 Å². The molecule has 1 heterocycles. The number of hydrogen-bond acceptors (Lipinski definition) is 2. The van der Waals surface area contributed by atoms with Crippen LogP contribution in [-0.4, -0.2) is 0 Å². The highest BCUT2D eigenvalue weighted by Gasteiger charge is 2.20. The van der Waals surface area contributed by atoms with Crippen LogP contribution >= 0.6 is 0 Å². The van der Waals surface area contributed by atoms with Crippen LogP contribution in [0.3, 0.4) is 0 Å². The Balaban J connectivity index is 1.77. The molecular weight excluding hydrogens is 282 g/mol. The lowest BCUT2D eigenvalue weighted by molar-refractivity contribution is 0.474. The van der Waals surface area contributed by atoms with Crippen molar-refractivity contribution in [3.8, 4) is 11.5 Å². The molecule has 3 aromatic rings. The lowest BCUT2D eigenvalue weighted by Crippen LogP contribution is -2.03. The van der Waals surface area contributed by atoms with Crippen molar-refractivity contribution in [2.24, 2.45) is 0 Å². The van der Waals surface area contributed by atoms with E-state index in [-0.39, 0.29) is 0 Å². The number of nitrogens with one attached hydrogen (secondary N) is 1. The number of para-hydroxylation sites is 2. The van der Waals surface area contributed by atoms with Crippen molar-refractivity contribution in [3.05, 3.63) is 95.7 Å². The van der Waals surface area contributed by atoms with Gasteiger partial charge in [-0.3, -0.25) is 0 Å². The van der Waals surface area contributed by atoms with Crippen LogP contribution in [0, 0.1) is 6.92 Å². The number of hydrogen-bond donors (Lipinski definition) is 1. The maximum atomic E-state index is 6.01. The van der Waals surface area contributed by atoms with E-state index in [1.54, 1.807) is 0 Å². The van der Waals surface area contributed by atoms with Gasteiger partial charge in [-0.05, 0) is 31.2 Å². The SMILES string of the molecule is Cc1ccc(NC=C2c3ccccc3Oc3ccccc32)cc1. The van der Waals surface area contributed by atoms with Gasteiger partial charge in [-0.15, -0.1) is 0 Å². The second-order valence-electron chi connectivity index (χ2n) is 5.66. The standard InChI is InChI=1S/C21H17NO/c1-15-10-12-16(13-11-15)22-14-19-17-6-2-4-8-20(17)23-21-9-5-3-7-18(19)21/h2-14,22H,1H3. The van der Waals surface area contributed by atoms with E-state index in [2.05, 4.69) is 54.8 Å². The largest absolute Gasteiger partial charge is 0.456 e. The van der Waals surface area contributed by atoms with Crippen molar-refractivity contribution in [1.82, 2.24) is 0 Å². The summed E-state index contributed by atoms with van der Waals surface area (Å²) >= 11 is 0. The van der Waals surface area contributed by atoms with Crippen LogP contribution < -0.4 is 10.1 Å². The molecule has 3 aromatic carbocycles. The predicted octanol–water partition coefficient (Wildman–Crippen LogP) is 5.60. The van der Waals surface area contributed by atoms with Crippen LogP contribution in [0.5, 0.6) is 11.5 Å². The Morgan fingerprint density at radius 1 is 0.739 bits per heavy atom. The maximum absolute atomic E-state index is 6.01. The molecule has 1 aliphatic heterocycles. The molecule has 112 valence electrons. The van der Waals surface area contributed by atoms with Crippen LogP contribution in [0.1, 0.15) is 16.7 Å². The fourth-order valence-corrected chi connectivity index (χ4v) is 2.78. The van der Waals surface area contributed by atoms with E-state index in [4.69, 9.17) is 4.74 Å². The quantitative estimate of drug-likeness (QED) is 0.520. The van der Waals surface area contributed by atoms with Crippen LogP contribution in [0.25, 0.3) is 5.57 Å². The summed E-state index contributed by atoms with van der Waals surface area (Å²) < 4.78 is 6.01. The molecule has 2 nitrogen and oxygen atoms in total. The molecule has 0 aliphatic carbocycles. The van der Waals surface area contributed by atoms with E-state index in [0.29, 0.717) is 0 Å². The summed E-state index contributed by atoms with van der Waals surface area (Å²) in [6.45, 7) is 2.09. The number of fused-ring (bicyclic) bond motifs is 2. The highest BCUT2D eigenvalue weighted by molar-refractivity contribution is 5.88. The molecule has 0 saturated heterocycles. The molecule has 0 amide bonds. The zero-order chi connectivity index (χ0) is 15.6. The fourth-order valence-electron chi connectivity index (χ4n) is 2.78. The van der Waals surface area contributed by atoms with Crippen molar-refractivity contribution in [2.75, 3.05) is 5.32 Å². The molecule has 1 aliphatic rings. The summed E-state index contributed by atoms with van der Waals surface area (Å²) in [5, 5.41) is 3.41. The van der Waals surface area contributed by atoms with Gasteiger partial charge in [0.2, 0.25) is 0 Å². The average Bonchev–Trinajstić information content (AvgIpc) is 2.60. The molecule has 0 spiro atoms. The third kappa shape index (κ3) is 2.59. The van der Waals surface area contributed by atoms with E-state index in [1.165, 1.54) is 5.56 Å². The Morgan fingerprint density at radius 2 is 1.30 bits per heavy atom. The smallest absolute Gasteiger partial charge is 0.135 e. The van der Waals surface area contributed by atoms with Gasteiger partial charge in [0.05, 0.1) is 0 Å². The van der Waals surface area contributed by atoms with Crippen LogP contribution in [-0.2, 0) is 0 Å². The first kappa shape index (κ1) is 13.6. The lowest BCUT2D eigenvalue weighted by Gasteiger charge is -2.22. The zero-order valence-corrected chi connectivity index (χ0v) is 12.9. The summed E-state index contributed by atoms with van der Waals surface area (Å²) in [5.41, 5.74) is 5.68. The molecule has 0 saturated carbocycles. The number of ether oxygens (including phenoxy) is 1. The normalized spacial score (nSPS) is 12.0. The minimum absolute atomic E-state index is 0.892. The van der Waals surface area contributed by atoms with Crippen LogP contribution in [0.2, 0.25) is 0 Å². The molecule has 0 aromatic heterocycles. The Hall–Kier alpha value is -3.00. The highest BCUT2D eigenvalue weighted by Crippen LogP contribution is 2.43. The topological polar surface area (TPSA) is 21.3 Å². The number of aryl methyl sites for hydroxylation is 1. The lowest BCUT2D eigenvalue weighted by atomic mass is 9.95. The second kappa shape index (κ2) is 5.65. The van der Waals surface area contributed by atoms with Crippen molar-refractivity contribution in [3.63, 3.8) is 0 Å². The molecule has 4 rings (SSSR count). The van der Waals surface area contributed by atoms with Gasteiger partial charge in [0.25, 0.3) is 0 Å². The molecule has 0 fully saturated rings. The Kier molecular flexibility index (Phi) is 3.35. The third-order valence-corrected chi connectivity index (χ3v) is 4.01. The van der Waals surface area contributed by atoms with Gasteiger partial charge in [0.15, 0.2) is 0 Å². The third-order valence-electron chi connectivity index (χ3n) is 4.01. The maximum Gasteiger partial charge on any atom is 0.135 e. The first-order valence-corrected chi connectivity index (χ1v) is 7.71. The molecule has 0 bridgehead atoms. The van der Waals surface area contributed by atoms with Gasteiger partial charge in [-0.2, -0.15) is 0 Å². The second-order valence-corrected chi connectivity index (χ2v) is 5.66. The molecule has 0 unspecified atom stereocenters. The number of anilines is 1. The first-order chi connectivity index (χ1) is 11.3. The number of rotatable bonds is 2. The van der Waals surface area contributed by atoms with E-state index < -0.39 is 0 Å². The van der Waals surface area contributed by atoms with E-state index in [9.17, 15) is 0 Å². The molecule has 23 heavy (non-hydrogen) atoms. The average molecular weight is 299 g/mol. The van der Waals surface area contributed by atoms with E-state index in [0.717, 1.165) is 33.9 Å². The van der Waals surface area contributed by atoms with Crippen LogP contribution in [0.15, 0.2) is 79.0 Å². The van der Waals surface area contributed by atoms with Crippen molar-refractivity contribution >= 4 is 11.3 Å². The van der Waals surface area contributed by atoms with Crippen molar-refractivity contribution in [2.45, 2.75) is 6.92 Å². The Bertz CT molecular complexity index is 831.